The standard InChI is InChI=1S/C13H17N/c1-11-4-6-12(7-5-11)13(10-14)8-2-3-9-13/h2-7H,8-10,14H2,1H3. The molecule has 2 rings (SSSR count). The van der Waals surface area contributed by atoms with E-state index < -0.39 is 0 Å². The van der Waals surface area contributed by atoms with E-state index in [4.69, 9.17) is 5.73 Å². The average molecular weight is 187 g/mol. The second-order valence-electron chi connectivity index (χ2n) is 4.23. The minimum Gasteiger partial charge on any atom is -0.330 e. The normalized spacial score (nSPS) is 18.7. The molecule has 0 radical (unpaired) electrons. The van der Waals surface area contributed by atoms with E-state index in [-0.39, 0.29) is 5.41 Å². The first kappa shape index (κ1) is 9.47. The van der Waals surface area contributed by atoms with Crippen LogP contribution < -0.4 is 5.73 Å². The van der Waals surface area contributed by atoms with Gasteiger partial charge in [-0.2, -0.15) is 0 Å². The maximum absolute atomic E-state index is 5.90. The molecule has 2 N–H and O–H groups in total. The van der Waals surface area contributed by atoms with Crippen molar-refractivity contribution in [2.75, 3.05) is 6.54 Å². The molecule has 0 heterocycles. The highest BCUT2D eigenvalue weighted by molar-refractivity contribution is 5.32. The summed E-state index contributed by atoms with van der Waals surface area (Å²) in [5, 5.41) is 0. The molecule has 0 fully saturated rings. The van der Waals surface area contributed by atoms with Gasteiger partial charge in [0.1, 0.15) is 0 Å². The van der Waals surface area contributed by atoms with Crippen LogP contribution in [0.4, 0.5) is 0 Å². The second kappa shape index (κ2) is 3.58. The zero-order valence-corrected chi connectivity index (χ0v) is 8.66. The molecular weight excluding hydrogens is 170 g/mol. The summed E-state index contributed by atoms with van der Waals surface area (Å²) in [4.78, 5) is 0. The lowest BCUT2D eigenvalue weighted by Crippen LogP contribution is -2.32. The van der Waals surface area contributed by atoms with E-state index >= 15 is 0 Å². The monoisotopic (exact) mass is 187 g/mol. The highest BCUT2D eigenvalue weighted by Crippen LogP contribution is 2.35. The Morgan fingerprint density at radius 2 is 1.71 bits per heavy atom. The van der Waals surface area contributed by atoms with Gasteiger partial charge in [-0.15, -0.1) is 0 Å². The van der Waals surface area contributed by atoms with Crippen LogP contribution in [0.25, 0.3) is 0 Å². The second-order valence-corrected chi connectivity index (χ2v) is 4.23. The molecule has 14 heavy (non-hydrogen) atoms. The minimum absolute atomic E-state index is 0.188. The van der Waals surface area contributed by atoms with Crippen LogP contribution in [0.1, 0.15) is 24.0 Å². The predicted molar refractivity (Wildman–Crippen MR) is 60.3 cm³/mol. The summed E-state index contributed by atoms with van der Waals surface area (Å²) in [6, 6.07) is 8.78. The topological polar surface area (TPSA) is 26.0 Å². The average Bonchev–Trinajstić information content (AvgIpc) is 2.68. The molecule has 0 aromatic heterocycles. The number of hydrogen-bond acceptors (Lipinski definition) is 1. The number of allylic oxidation sites excluding steroid dienone is 2. The molecule has 1 aliphatic carbocycles. The lowest BCUT2D eigenvalue weighted by atomic mass is 9.78. The van der Waals surface area contributed by atoms with Gasteiger partial charge in [-0.05, 0) is 25.3 Å². The van der Waals surface area contributed by atoms with E-state index in [1.54, 1.807) is 0 Å². The van der Waals surface area contributed by atoms with Gasteiger partial charge in [0.2, 0.25) is 0 Å². The van der Waals surface area contributed by atoms with Crippen LogP contribution in [0, 0.1) is 6.92 Å². The van der Waals surface area contributed by atoms with E-state index in [0.717, 1.165) is 19.4 Å². The fraction of sp³-hybridized carbons (Fsp3) is 0.385. The van der Waals surface area contributed by atoms with Gasteiger partial charge in [0.05, 0.1) is 0 Å². The third-order valence-electron chi connectivity index (χ3n) is 3.24. The Bertz CT molecular complexity index is 327. The molecule has 0 atom stereocenters. The summed E-state index contributed by atoms with van der Waals surface area (Å²) >= 11 is 0. The third kappa shape index (κ3) is 1.48. The Hall–Kier alpha value is -1.08. The highest BCUT2D eigenvalue weighted by Gasteiger charge is 2.30. The molecule has 0 amide bonds. The van der Waals surface area contributed by atoms with Crippen molar-refractivity contribution < 1.29 is 0 Å². The first-order chi connectivity index (χ1) is 6.77. The van der Waals surface area contributed by atoms with E-state index in [0.29, 0.717) is 0 Å². The lowest BCUT2D eigenvalue weighted by molar-refractivity contribution is 0.470. The van der Waals surface area contributed by atoms with Crippen LogP contribution >= 0.6 is 0 Å². The maximum Gasteiger partial charge on any atom is 0.0144 e. The van der Waals surface area contributed by atoms with Crippen molar-refractivity contribution in [3.63, 3.8) is 0 Å². The smallest absolute Gasteiger partial charge is 0.0144 e. The Labute approximate surface area is 85.6 Å². The van der Waals surface area contributed by atoms with Crippen LogP contribution in [0.5, 0.6) is 0 Å². The summed E-state index contributed by atoms with van der Waals surface area (Å²) in [5.41, 5.74) is 8.78. The van der Waals surface area contributed by atoms with Crippen molar-refractivity contribution in [2.45, 2.75) is 25.2 Å². The van der Waals surface area contributed by atoms with Crippen molar-refractivity contribution in [1.29, 1.82) is 0 Å². The van der Waals surface area contributed by atoms with Crippen LogP contribution in [0.2, 0.25) is 0 Å². The molecule has 1 aromatic rings. The third-order valence-corrected chi connectivity index (χ3v) is 3.24. The van der Waals surface area contributed by atoms with Gasteiger partial charge < -0.3 is 5.73 Å². The van der Waals surface area contributed by atoms with E-state index in [1.165, 1.54) is 11.1 Å². The molecule has 0 spiro atoms. The quantitative estimate of drug-likeness (QED) is 0.707. The largest absolute Gasteiger partial charge is 0.330 e. The molecule has 0 unspecified atom stereocenters. The van der Waals surface area contributed by atoms with Crippen molar-refractivity contribution in [3.8, 4) is 0 Å². The minimum atomic E-state index is 0.188. The summed E-state index contributed by atoms with van der Waals surface area (Å²) < 4.78 is 0. The Morgan fingerprint density at radius 1 is 1.14 bits per heavy atom. The Kier molecular flexibility index (Phi) is 2.42. The van der Waals surface area contributed by atoms with Crippen LogP contribution in [-0.4, -0.2) is 6.54 Å². The van der Waals surface area contributed by atoms with Gasteiger partial charge in [-0.25, -0.2) is 0 Å². The number of benzene rings is 1. The molecule has 1 nitrogen and oxygen atoms in total. The number of aryl methyl sites for hydroxylation is 1. The first-order valence-corrected chi connectivity index (χ1v) is 5.19. The zero-order chi connectivity index (χ0) is 10.0. The highest BCUT2D eigenvalue weighted by atomic mass is 14.6. The number of rotatable bonds is 2. The fourth-order valence-electron chi connectivity index (χ4n) is 2.13. The lowest BCUT2D eigenvalue weighted by Gasteiger charge is -2.27. The summed E-state index contributed by atoms with van der Waals surface area (Å²) in [7, 11) is 0. The van der Waals surface area contributed by atoms with Crippen molar-refractivity contribution in [1.82, 2.24) is 0 Å². The zero-order valence-electron chi connectivity index (χ0n) is 8.66. The van der Waals surface area contributed by atoms with Crippen molar-refractivity contribution >= 4 is 0 Å². The van der Waals surface area contributed by atoms with Gasteiger partial charge in [0.25, 0.3) is 0 Å². The molecule has 0 bridgehead atoms. The van der Waals surface area contributed by atoms with Crippen LogP contribution in [0.3, 0.4) is 0 Å². The summed E-state index contributed by atoms with van der Waals surface area (Å²) in [6.45, 7) is 2.86. The Morgan fingerprint density at radius 3 is 2.21 bits per heavy atom. The summed E-state index contributed by atoms with van der Waals surface area (Å²) in [6.07, 6.45) is 6.67. The first-order valence-electron chi connectivity index (χ1n) is 5.19. The van der Waals surface area contributed by atoms with Crippen molar-refractivity contribution in [3.05, 3.63) is 47.5 Å². The van der Waals surface area contributed by atoms with Crippen LogP contribution in [0.15, 0.2) is 36.4 Å². The molecule has 0 aliphatic heterocycles. The van der Waals surface area contributed by atoms with Gasteiger partial charge >= 0.3 is 0 Å². The number of nitrogens with two attached hydrogens (primary N) is 1. The molecule has 1 aromatic carbocycles. The van der Waals surface area contributed by atoms with Gasteiger partial charge in [0.15, 0.2) is 0 Å². The van der Waals surface area contributed by atoms with Gasteiger partial charge in [-0.3, -0.25) is 0 Å². The van der Waals surface area contributed by atoms with E-state index in [2.05, 4.69) is 43.3 Å². The summed E-state index contributed by atoms with van der Waals surface area (Å²) in [5.74, 6) is 0. The van der Waals surface area contributed by atoms with E-state index in [1.807, 2.05) is 0 Å². The number of hydrogen-bond donors (Lipinski definition) is 1. The molecule has 1 aliphatic rings. The molecule has 1 heteroatoms. The van der Waals surface area contributed by atoms with E-state index in [9.17, 15) is 0 Å². The van der Waals surface area contributed by atoms with Gasteiger partial charge in [0, 0.05) is 12.0 Å². The maximum atomic E-state index is 5.90. The van der Waals surface area contributed by atoms with Crippen LogP contribution in [-0.2, 0) is 5.41 Å². The molecule has 74 valence electrons. The van der Waals surface area contributed by atoms with Crippen molar-refractivity contribution in [2.24, 2.45) is 5.73 Å². The molecule has 0 saturated heterocycles. The molecule has 0 saturated carbocycles. The molecular formula is C13H17N. The fourth-order valence-corrected chi connectivity index (χ4v) is 2.13. The Balaban J connectivity index is 2.32. The van der Waals surface area contributed by atoms with Gasteiger partial charge in [-0.1, -0.05) is 42.0 Å². The predicted octanol–water partition coefficient (Wildman–Crippen LogP) is 2.54. The SMILES string of the molecule is Cc1ccc(C2(CN)CC=CC2)cc1.